The first-order valence-corrected chi connectivity index (χ1v) is 9.44. The molecule has 1 heterocycles. The number of alkyl halides is 1. The van der Waals surface area contributed by atoms with Crippen LogP contribution in [0.1, 0.15) is 18.9 Å². The third-order valence-electron chi connectivity index (χ3n) is 4.00. The highest BCUT2D eigenvalue weighted by molar-refractivity contribution is 7.89. The monoisotopic (exact) mass is 330 g/mol. The molecule has 0 radical (unpaired) electrons. The molecular formula is C15H23ClN2O2S. The highest BCUT2D eigenvalue weighted by atomic mass is 35.5. The van der Waals surface area contributed by atoms with E-state index in [4.69, 9.17) is 11.6 Å². The summed E-state index contributed by atoms with van der Waals surface area (Å²) in [5.41, 5.74) is 1.05. The molecule has 0 aromatic heterocycles. The average molecular weight is 331 g/mol. The lowest BCUT2D eigenvalue weighted by Crippen LogP contribution is -2.31. The van der Waals surface area contributed by atoms with Crippen molar-refractivity contribution in [2.24, 2.45) is 5.92 Å². The summed E-state index contributed by atoms with van der Waals surface area (Å²) >= 11 is 5.68. The van der Waals surface area contributed by atoms with Crippen molar-refractivity contribution in [2.45, 2.75) is 24.7 Å². The van der Waals surface area contributed by atoms with Crippen LogP contribution in [0.15, 0.2) is 29.2 Å². The average Bonchev–Trinajstić information content (AvgIpc) is 2.94. The molecule has 1 unspecified atom stereocenters. The van der Waals surface area contributed by atoms with Crippen LogP contribution in [0, 0.1) is 5.92 Å². The number of hydrogen-bond acceptors (Lipinski definition) is 3. The van der Waals surface area contributed by atoms with Gasteiger partial charge in [-0.1, -0.05) is 19.1 Å². The largest absolute Gasteiger partial charge is 0.303 e. The second kappa shape index (κ2) is 7.58. The lowest BCUT2D eigenvalue weighted by atomic mass is 10.1. The molecule has 0 amide bonds. The highest BCUT2D eigenvalue weighted by Crippen LogP contribution is 2.16. The molecule has 0 saturated carbocycles. The van der Waals surface area contributed by atoms with Gasteiger partial charge in [0.15, 0.2) is 0 Å². The molecule has 1 fully saturated rings. The second-order valence-corrected chi connectivity index (χ2v) is 7.63. The molecule has 1 aliphatic rings. The summed E-state index contributed by atoms with van der Waals surface area (Å²) in [6.07, 6.45) is 1.81. The SMILES string of the molecule is CCN1CCC(CNS(=O)(=O)c2ccc(CCCl)cc2)C1. The van der Waals surface area contributed by atoms with Gasteiger partial charge >= 0.3 is 0 Å². The quantitative estimate of drug-likeness (QED) is 0.779. The fourth-order valence-corrected chi connectivity index (χ4v) is 3.96. The molecule has 0 spiro atoms. The number of hydrogen-bond donors (Lipinski definition) is 1. The fraction of sp³-hybridized carbons (Fsp3) is 0.600. The van der Waals surface area contributed by atoms with E-state index in [1.807, 2.05) is 12.1 Å². The zero-order chi connectivity index (χ0) is 15.3. The Hall–Kier alpha value is -0.620. The Balaban J connectivity index is 1.92. The minimum atomic E-state index is -3.41. The van der Waals surface area contributed by atoms with Crippen LogP contribution in [0.2, 0.25) is 0 Å². The minimum absolute atomic E-state index is 0.325. The van der Waals surface area contributed by atoms with Crippen LogP contribution < -0.4 is 4.72 Å². The Morgan fingerprint density at radius 3 is 2.62 bits per heavy atom. The molecule has 1 N–H and O–H groups in total. The van der Waals surface area contributed by atoms with Crippen LogP contribution in [0.3, 0.4) is 0 Å². The number of aryl methyl sites for hydroxylation is 1. The van der Waals surface area contributed by atoms with Crippen LogP contribution >= 0.6 is 11.6 Å². The van der Waals surface area contributed by atoms with Gasteiger partial charge in [0, 0.05) is 19.0 Å². The number of nitrogens with zero attached hydrogens (tertiary/aromatic N) is 1. The van der Waals surface area contributed by atoms with Gasteiger partial charge in [-0.05, 0) is 49.5 Å². The van der Waals surface area contributed by atoms with Gasteiger partial charge in [-0.2, -0.15) is 0 Å². The molecule has 4 nitrogen and oxygen atoms in total. The summed E-state index contributed by atoms with van der Waals surface area (Å²) in [5, 5.41) is 0. The topological polar surface area (TPSA) is 49.4 Å². The van der Waals surface area contributed by atoms with Crippen molar-refractivity contribution < 1.29 is 8.42 Å². The van der Waals surface area contributed by atoms with Gasteiger partial charge in [-0.15, -0.1) is 11.6 Å². The molecule has 0 aliphatic carbocycles. The van der Waals surface area contributed by atoms with Crippen molar-refractivity contribution in [2.75, 3.05) is 32.1 Å². The summed E-state index contributed by atoms with van der Waals surface area (Å²) in [6, 6.07) is 6.95. The Bertz CT molecular complexity index is 545. The molecule has 2 rings (SSSR count). The predicted molar refractivity (Wildman–Crippen MR) is 86.3 cm³/mol. The van der Waals surface area contributed by atoms with E-state index in [2.05, 4.69) is 16.5 Å². The maximum Gasteiger partial charge on any atom is 0.240 e. The molecule has 118 valence electrons. The summed E-state index contributed by atoms with van der Waals surface area (Å²) in [4.78, 5) is 2.67. The number of benzene rings is 1. The van der Waals surface area contributed by atoms with E-state index < -0.39 is 10.0 Å². The predicted octanol–water partition coefficient (Wildman–Crippen LogP) is 2.09. The molecule has 1 atom stereocenters. The van der Waals surface area contributed by atoms with Crippen molar-refractivity contribution in [1.82, 2.24) is 9.62 Å². The molecular weight excluding hydrogens is 308 g/mol. The van der Waals surface area contributed by atoms with E-state index in [0.717, 1.165) is 38.0 Å². The first kappa shape index (κ1) is 16.7. The van der Waals surface area contributed by atoms with E-state index in [0.29, 0.717) is 23.2 Å². The van der Waals surface area contributed by atoms with Crippen molar-refractivity contribution in [3.05, 3.63) is 29.8 Å². The molecule has 6 heteroatoms. The van der Waals surface area contributed by atoms with Crippen LogP contribution in [0.25, 0.3) is 0 Å². The smallest absolute Gasteiger partial charge is 0.240 e. The Morgan fingerprint density at radius 1 is 1.33 bits per heavy atom. The van der Waals surface area contributed by atoms with E-state index in [-0.39, 0.29) is 0 Å². The van der Waals surface area contributed by atoms with Gasteiger partial charge in [0.05, 0.1) is 4.90 Å². The van der Waals surface area contributed by atoms with Crippen molar-refractivity contribution >= 4 is 21.6 Å². The fourth-order valence-electron chi connectivity index (χ4n) is 2.62. The maximum atomic E-state index is 12.3. The highest BCUT2D eigenvalue weighted by Gasteiger charge is 2.23. The lowest BCUT2D eigenvalue weighted by Gasteiger charge is -2.14. The molecule has 1 aromatic rings. The summed E-state index contributed by atoms with van der Waals surface area (Å²) in [5.74, 6) is 0.954. The van der Waals surface area contributed by atoms with Gasteiger partial charge in [-0.3, -0.25) is 0 Å². The number of halogens is 1. The van der Waals surface area contributed by atoms with Crippen molar-refractivity contribution in [3.8, 4) is 0 Å². The third kappa shape index (κ3) is 4.68. The van der Waals surface area contributed by atoms with E-state index in [1.165, 1.54) is 0 Å². The van der Waals surface area contributed by atoms with E-state index in [9.17, 15) is 8.42 Å². The van der Waals surface area contributed by atoms with Gasteiger partial charge in [0.25, 0.3) is 0 Å². The van der Waals surface area contributed by atoms with Crippen LogP contribution in [-0.2, 0) is 16.4 Å². The number of sulfonamides is 1. The zero-order valence-electron chi connectivity index (χ0n) is 12.4. The molecule has 1 aliphatic heterocycles. The zero-order valence-corrected chi connectivity index (χ0v) is 14.0. The molecule has 0 bridgehead atoms. The minimum Gasteiger partial charge on any atom is -0.303 e. The summed E-state index contributed by atoms with van der Waals surface area (Å²) in [6.45, 7) is 5.73. The van der Waals surface area contributed by atoms with Crippen LogP contribution in [-0.4, -0.2) is 45.4 Å². The Morgan fingerprint density at radius 2 is 2.05 bits per heavy atom. The van der Waals surface area contributed by atoms with E-state index >= 15 is 0 Å². The third-order valence-corrected chi connectivity index (χ3v) is 5.62. The summed E-state index contributed by atoms with van der Waals surface area (Å²) < 4.78 is 27.2. The second-order valence-electron chi connectivity index (χ2n) is 5.48. The normalized spacial score (nSPS) is 20.0. The van der Waals surface area contributed by atoms with E-state index in [1.54, 1.807) is 12.1 Å². The van der Waals surface area contributed by atoms with Crippen LogP contribution in [0.5, 0.6) is 0 Å². The molecule has 21 heavy (non-hydrogen) atoms. The Kier molecular flexibility index (Phi) is 6.05. The lowest BCUT2D eigenvalue weighted by molar-refractivity contribution is 0.342. The Labute approximate surface area is 132 Å². The summed E-state index contributed by atoms with van der Waals surface area (Å²) in [7, 11) is -3.41. The van der Waals surface area contributed by atoms with Gasteiger partial charge in [-0.25, -0.2) is 13.1 Å². The number of nitrogens with one attached hydrogen (secondary N) is 1. The first-order chi connectivity index (χ1) is 10.0. The van der Waals surface area contributed by atoms with Gasteiger partial charge in [0.2, 0.25) is 10.0 Å². The van der Waals surface area contributed by atoms with Gasteiger partial charge < -0.3 is 4.90 Å². The number of likely N-dealkylation sites (tertiary alicyclic amines) is 1. The van der Waals surface area contributed by atoms with Gasteiger partial charge in [0.1, 0.15) is 0 Å². The van der Waals surface area contributed by atoms with Crippen molar-refractivity contribution in [1.29, 1.82) is 0 Å². The van der Waals surface area contributed by atoms with Crippen LogP contribution in [0.4, 0.5) is 0 Å². The first-order valence-electron chi connectivity index (χ1n) is 7.42. The van der Waals surface area contributed by atoms with Crippen molar-refractivity contribution in [3.63, 3.8) is 0 Å². The standard InChI is InChI=1S/C15H23ClN2O2S/c1-2-18-10-8-14(12-18)11-17-21(19,20)15-5-3-13(4-6-15)7-9-16/h3-6,14,17H,2,7-12H2,1H3. The number of rotatable bonds is 7. The molecule has 1 aromatic carbocycles. The maximum absolute atomic E-state index is 12.3. The molecule has 1 saturated heterocycles.